The minimum Gasteiger partial charge on any atom is -0.378 e. The number of nitrogens with zero attached hydrogens (tertiary/aromatic N) is 3. The van der Waals surface area contributed by atoms with Crippen LogP contribution in [0.5, 0.6) is 0 Å². The molecule has 0 radical (unpaired) electrons. The van der Waals surface area contributed by atoms with Gasteiger partial charge < -0.3 is 19.5 Å². The van der Waals surface area contributed by atoms with Crippen LogP contribution in [-0.4, -0.2) is 59.1 Å². The number of carbonyl (C=O) groups excluding carboxylic acids is 2. The van der Waals surface area contributed by atoms with Gasteiger partial charge in [0.2, 0.25) is 11.3 Å². The SMILES string of the molecule is Cc1ccc2c(=O)c(C(=O)N3CCOCC3)cn(CC(=O)NCCC3=CCCCC3)c2n1. The zero-order chi connectivity index (χ0) is 22.5. The highest BCUT2D eigenvalue weighted by Crippen LogP contribution is 2.19. The normalized spacial score (nSPS) is 16.7. The molecule has 170 valence electrons. The van der Waals surface area contributed by atoms with Gasteiger partial charge in [-0.05, 0) is 51.2 Å². The molecule has 0 unspecified atom stereocenters. The van der Waals surface area contributed by atoms with Gasteiger partial charge in [0.15, 0.2) is 0 Å². The van der Waals surface area contributed by atoms with Crippen molar-refractivity contribution < 1.29 is 14.3 Å². The lowest BCUT2D eigenvalue weighted by Gasteiger charge is -2.27. The first-order valence-electron chi connectivity index (χ1n) is 11.4. The molecule has 1 saturated heterocycles. The molecule has 1 N–H and O–H groups in total. The maximum absolute atomic E-state index is 13.1. The van der Waals surface area contributed by atoms with E-state index in [4.69, 9.17) is 4.74 Å². The fourth-order valence-electron chi connectivity index (χ4n) is 4.27. The van der Waals surface area contributed by atoms with Gasteiger partial charge in [-0.2, -0.15) is 0 Å². The number of amides is 2. The van der Waals surface area contributed by atoms with E-state index in [1.165, 1.54) is 24.6 Å². The van der Waals surface area contributed by atoms with E-state index in [9.17, 15) is 14.4 Å². The Bertz CT molecular complexity index is 1100. The molecule has 0 atom stereocenters. The molecule has 0 bridgehead atoms. The van der Waals surface area contributed by atoms with Crippen molar-refractivity contribution in [1.29, 1.82) is 0 Å². The third-order valence-corrected chi connectivity index (χ3v) is 6.06. The van der Waals surface area contributed by atoms with Gasteiger partial charge in [-0.3, -0.25) is 14.4 Å². The monoisotopic (exact) mass is 438 g/mol. The average molecular weight is 439 g/mol. The van der Waals surface area contributed by atoms with Gasteiger partial charge in [-0.1, -0.05) is 11.6 Å². The van der Waals surface area contributed by atoms with Crippen LogP contribution in [0, 0.1) is 6.92 Å². The van der Waals surface area contributed by atoms with E-state index >= 15 is 0 Å². The van der Waals surface area contributed by atoms with E-state index in [-0.39, 0.29) is 29.4 Å². The average Bonchev–Trinajstić information content (AvgIpc) is 2.81. The molecule has 1 fully saturated rings. The summed E-state index contributed by atoms with van der Waals surface area (Å²) in [5.41, 5.74) is 2.26. The molecule has 8 nitrogen and oxygen atoms in total. The Hall–Kier alpha value is -3.00. The molecule has 0 aromatic carbocycles. The fraction of sp³-hybridized carbons (Fsp3) is 0.500. The molecule has 2 amide bonds. The highest BCUT2D eigenvalue weighted by Gasteiger charge is 2.23. The molecule has 1 aliphatic carbocycles. The van der Waals surface area contributed by atoms with Crippen LogP contribution < -0.4 is 10.7 Å². The van der Waals surface area contributed by atoms with Crippen molar-refractivity contribution in [3.8, 4) is 0 Å². The maximum atomic E-state index is 13.1. The van der Waals surface area contributed by atoms with Gasteiger partial charge in [-0.25, -0.2) is 4.98 Å². The highest BCUT2D eigenvalue weighted by atomic mass is 16.5. The molecule has 8 heteroatoms. The number of carbonyl (C=O) groups is 2. The predicted molar refractivity (Wildman–Crippen MR) is 122 cm³/mol. The zero-order valence-corrected chi connectivity index (χ0v) is 18.6. The van der Waals surface area contributed by atoms with Crippen molar-refractivity contribution in [2.75, 3.05) is 32.8 Å². The van der Waals surface area contributed by atoms with Gasteiger partial charge in [0.05, 0.1) is 18.6 Å². The quantitative estimate of drug-likeness (QED) is 0.698. The minimum absolute atomic E-state index is 0.00429. The van der Waals surface area contributed by atoms with E-state index in [0.29, 0.717) is 43.9 Å². The Morgan fingerprint density at radius 2 is 2.00 bits per heavy atom. The maximum Gasteiger partial charge on any atom is 0.259 e. The standard InChI is InChI=1S/C24H30N4O4/c1-17-7-8-19-22(30)20(24(31)27-11-13-32-14-12-27)15-28(23(19)26-17)16-21(29)25-10-9-18-5-3-2-4-6-18/h5,7-8,15H,2-4,6,9-14,16H2,1H3,(H,25,29). The zero-order valence-electron chi connectivity index (χ0n) is 18.6. The van der Waals surface area contributed by atoms with Crippen molar-refractivity contribution in [3.05, 3.63) is 51.5 Å². The Morgan fingerprint density at radius 3 is 2.75 bits per heavy atom. The number of rotatable bonds is 6. The van der Waals surface area contributed by atoms with Crippen LogP contribution in [0.1, 0.15) is 48.2 Å². The summed E-state index contributed by atoms with van der Waals surface area (Å²) in [7, 11) is 0. The number of aryl methyl sites for hydroxylation is 1. The summed E-state index contributed by atoms with van der Waals surface area (Å²) < 4.78 is 6.93. The fourth-order valence-corrected chi connectivity index (χ4v) is 4.27. The van der Waals surface area contributed by atoms with Crippen molar-refractivity contribution in [3.63, 3.8) is 0 Å². The second-order valence-electron chi connectivity index (χ2n) is 8.44. The molecule has 2 aliphatic rings. The number of ether oxygens (including phenoxy) is 1. The molecule has 32 heavy (non-hydrogen) atoms. The minimum atomic E-state index is -0.357. The summed E-state index contributed by atoms with van der Waals surface area (Å²) in [6.45, 7) is 4.20. The number of morpholine rings is 1. The second kappa shape index (κ2) is 10.1. The molecule has 0 spiro atoms. The summed E-state index contributed by atoms with van der Waals surface area (Å²) in [6.07, 6.45) is 9.31. The highest BCUT2D eigenvalue weighted by molar-refractivity contribution is 5.97. The molecular formula is C24H30N4O4. The number of hydrogen-bond donors (Lipinski definition) is 1. The van der Waals surface area contributed by atoms with Gasteiger partial charge in [-0.15, -0.1) is 0 Å². The van der Waals surface area contributed by atoms with Gasteiger partial charge >= 0.3 is 0 Å². The first kappa shape index (κ1) is 22.2. The number of allylic oxidation sites excluding steroid dienone is 1. The number of nitrogens with one attached hydrogen (secondary N) is 1. The van der Waals surface area contributed by atoms with Crippen molar-refractivity contribution in [2.45, 2.75) is 45.6 Å². The lowest BCUT2D eigenvalue weighted by atomic mass is 9.97. The van der Waals surface area contributed by atoms with Crippen molar-refractivity contribution in [2.24, 2.45) is 0 Å². The van der Waals surface area contributed by atoms with Crippen LogP contribution in [0.3, 0.4) is 0 Å². The van der Waals surface area contributed by atoms with Gasteiger partial charge in [0.25, 0.3) is 5.91 Å². The summed E-state index contributed by atoms with van der Waals surface area (Å²) in [5, 5.41) is 3.31. The summed E-state index contributed by atoms with van der Waals surface area (Å²) in [6, 6.07) is 3.43. The topological polar surface area (TPSA) is 93.5 Å². The lowest BCUT2D eigenvalue weighted by Crippen LogP contribution is -2.42. The van der Waals surface area contributed by atoms with E-state index in [2.05, 4.69) is 16.4 Å². The summed E-state index contributed by atoms with van der Waals surface area (Å²) in [5.74, 6) is -0.501. The number of aromatic nitrogens is 2. The largest absolute Gasteiger partial charge is 0.378 e. The molecule has 3 heterocycles. The third kappa shape index (κ3) is 5.07. The Balaban J connectivity index is 1.56. The number of fused-ring (bicyclic) bond motifs is 1. The Morgan fingerprint density at radius 1 is 1.19 bits per heavy atom. The van der Waals surface area contributed by atoms with Gasteiger partial charge in [0.1, 0.15) is 17.8 Å². The molecule has 2 aromatic rings. The van der Waals surface area contributed by atoms with E-state index in [1.807, 2.05) is 6.92 Å². The number of hydrogen-bond acceptors (Lipinski definition) is 5. The molecule has 0 saturated carbocycles. The Labute approximate surface area is 187 Å². The van der Waals surface area contributed by atoms with Gasteiger partial charge in [0, 0.05) is 31.5 Å². The van der Waals surface area contributed by atoms with Crippen LogP contribution in [0.15, 0.2) is 34.8 Å². The Kier molecular flexibility index (Phi) is 6.99. The molecule has 4 rings (SSSR count). The summed E-state index contributed by atoms with van der Waals surface area (Å²) >= 11 is 0. The first-order chi connectivity index (χ1) is 15.5. The number of pyridine rings is 2. The van der Waals surface area contributed by atoms with E-state index < -0.39 is 0 Å². The first-order valence-corrected chi connectivity index (χ1v) is 11.4. The molecule has 2 aromatic heterocycles. The van der Waals surface area contributed by atoms with E-state index in [1.54, 1.807) is 21.6 Å². The second-order valence-corrected chi connectivity index (χ2v) is 8.44. The van der Waals surface area contributed by atoms with E-state index in [0.717, 1.165) is 25.0 Å². The predicted octanol–water partition coefficient (Wildman–Crippen LogP) is 2.18. The van der Waals surface area contributed by atoms with Crippen LogP contribution >= 0.6 is 0 Å². The smallest absolute Gasteiger partial charge is 0.259 e. The third-order valence-electron chi connectivity index (χ3n) is 6.06. The van der Waals surface area contributed by atoms with Crippen LogP contribution in [0.25, 0.3) is 11.0 Å². The summed E-state index contributed by atoms with van der Waals surface area (Å²) in [4.78, 5) is 44.9. The van der Waals surface area contributed by atoms with Crippen molar-refractivity contribution >= 4 is 22.8 Å². The molecule has 1 aliphatic heterocycles. The van der Waals surface area contributed by atoms with Crippen LogP contribution in [-0.2, 0) is 16.1 Å². The van der Waals surface area contributed by atoms with Crippen LogP contribution in [0.4, 0.5) is 0 Å². The molecular weight excluding hydrogens is 408 g/mol. The lowest BCUT2D eigenvalue weighted by molar-refractivity contribution is -0.121. The van der Waals surface area contributed by atoms with Crippen molar-refractivity contribution in [1.82, 2.24) is 19.8 Å². The van der Waals surface area contributed by atoms with Crippen LogP contribution in [0.2, 0.25) is 0 Å².